The van der Waals surface area contributed by atoms with Gasteiger partial charge in [0.25, 0.3) is 0 Å². The minimum absolute atomic E-state index is 0.191. The van der Waals surface area contributed by atoms with E-state index in [0.717, 1.165) is 28.7 Å². The van der Waals surface area contributed by atoms with Crippen LogP contribution in [0.25, 0.3) is 11.1 Å². The van der Waals surface area contributed by atoms with Gasteiger partial charge >= 0.3 is 13.3 Å². The van der Waals surface area contributed by atoms with E-state index in [4.69, 9.17) is 4.65 Å². The molecule has 3 aromatic rings. The van der Waals surface area contributed by atoms with Crippen LogP contribution in [0.3, 0.4) is 0 Å². The van der Waals surface area contributed by atoms with Crippen LogP contribution in [0.15, 0.2) is 66.7 Å². The standard InChI is InChI=1S/C23H19BF3NO3/c25-23(26,27)19-8-2-5-16(12-19)17-6-3-9-20(13-17)28-21(29)11-10-15-4-1-7-18-14-31-24(30)22(15)18/h1-9,12-13,30H,10-11,14H2,(H,28,29). The molecule has 0 saturated heterocycles. The largest absolute Gasteiger partial charge is 0.492 e. The topological polar surface area (TPSA) is 58.6 Å². The van der Waals surface area contributed by atoms with Gasteiger partial charge in [0.05, 0.1) is 12.2 Å². The summed E-state index contributed by atoms with van der Waals surface area (Å²) in [6.45, 7) is 0.346. The minimum atomic E-state index is -4.42. The zero-order valence-electron chi connectivity index (χ0n) is 16.4. The van der Waals surface area contributed by atoms with Crippen LogP contribution in [0.5, 0.6) is 0 Å². The number of nitrogens with one attached hydrogen (secondary N) is 1. The summed E-state index contributed by atoms with van der Waals surface area (Å²) in [6.07, 6.45) is -3.79. The molecule has 0 aromatic heterocycles. The van der Waals surface area contributed by atoms with E-state index in [2.05, 4.69) is 5.32 Å². The molecule has 3 aromatic carbocycles. The number of rotatable bonds is 5. The van der Waals surface area contributed by atoms with E-state index in [1.54, 1.807) is 30.3 Å². The number of anilines is 1. The molecule has 0 unspecified atom stereocenters. The first-order valence-electron chi connectivity index (χ1n) is 9.79. The second-order valence-electron chi connectivity index (χ2n) is 7.36. The van der Waals surface area contributed by atoms with Gasteiger partial charge in [-0.2, -0.15) is 13.2 Å². The van der Waals surface area contributed by atoms with Gasteiger partial charge in [-0.1, -0.05) is 42.5 Å². The fourth-order valence-electron chi connectivity index (χ4n) is 3.70. The Kier molecular flexibility index (Phi) is 5.85. The van der Waals surface area contributed by atoms with E-state index in [-0.39, 0.29) is 12.3 Å². The molecule has 1 aliphatic heterocycles. The highest BCUT2D eigenvalue weighted by Crippen LogP contribution is 2.32. The van der Waals surface area contributed by atoms with E-state index in [1.807, 2.05) is 18.2 Å². The summed E-state index contributed by atoms with van der Waals surface area (Å²) >= 11 is 0. The Labute approximate surface area is 177 Å². The summed E-state index contributed by atoms with van der Waals surface area (Å²) in [5.74, 6) is -0.229. The second kappa shape index (κ2) is 8.57. The predicted molar refractivity (Wildman–Crippen MR) is 113 cm³/mol. The van der Waals surface area contributed by atoms with Gasteiger partial charge in [0.2, 0.25) is 5.91 Å². The molecule has 0 saturated carbocycles. The van der Waals surface area contributed by atoms with Crippen molar-refractivity contribution in [1.29, 1.82) is 0 Å². The Morgan fingerprint density at radius 1 is 1.03 bits per heavy atom. The van der Waals surface area contributed by atoms with Gasteiger partial charge < -0.3 is 15.0 Å². The van der Waals surface area contributed by atoms with E-state index in [9.17, 15) is 23.0 Å². The zero-order valence-corrected chi connectivity index (χ0v) is 16.4. The second-order valence-corrected chi connectivity index (χ2v) is 7.36. The van der Waals surface area contributed by atoms with Gasteiger partial charge in [0, 0.05) is 12.1 Å². The number of halogens is 3. The molecular formula is C23H19BF3NO3. The van der Waals surface area contributed by atoms with Gasteiger partial charge in [-0.05, 0) is 58.4 Å². The number of carbonyl (C=O) groups is 1. The van der Waals surface area contributed by atoms with Crippen LogP contribution in [-0.4, -0.2) is 18.0 Å². The van der Waals surface area contributed by atoms with Crippen LogP contribution in [0, 0.1) is 0 Å². The minimum Gasteiger partial charge on any atom is -0.423 e. The lowest BCUT2D eigenvalue weighted by atomic mass is 9.75. The summed E-state index contributed by atoms with van der Waals surface area (Å²) in [7, 11) is -0.974. The molecule has 0 aliphatic carbocycles. The first kappa shape index (κ1) is 21.1. The van der Waals surface area contributed by atoms with Crippen LogP contribution in [0.4, 0.5) is 18.9 Å². The molecule has 31 heavy (non-hydrogen) atoms. The van der Waals surface area contributed by atoms with Gasteiger partial charge in [-0.25, -0.2) is 0 Å². The van der Waals surface area contributed by atoms with Crippen molar-refractivity contribution in [3.8, 4) is 11.1 Å². The number of alkyl halides is 3. The van der Waals surface area contributed by atoms with Crippen molar-refractivity contribution >= 4 is 24.2 Å². The van der Waals surface area contributed by atoms with Crippen LogP contribution < -0.4 is 10.8 Å². The zero-order chi connectivity index (χ0) is 22.0. The van der Waals surface area contributed by atoms with Crippen molar-refractivity contribution in [1.82, 2.24) is 0 Å². The summed E-state index contributed by atoms with van der Waals surface area (Å²) in [4.78, 5) is 12.4. The Balaban J connectivity index is 1.44. The van der Waals surface area contributed by atoms with E-state index >= 15 is 0 Å². The van der Waals surface area contributed by atoms with Crippen LogP contribution in [0.1, 0.15) is 23.1 Å². The van der Waals surface area contributed by atoms with Crippen molar-refractivity contribution in [2.45, 2.75) is 25.6 Å². The van der Waals surface area contributed by atoms with Gasteiger partial charge in [0.15, 0.2) is 0 Å². The quantitative estimate of drug-likeness (QED) is 0.604. The summed E-state index contributed by atoms with van der Waals surface area (Å²) in [6, 6.07) is 17.4. The predicted octanol–water partition coefficient (Wildman–Crippen LogP) is 4.16. The van der Waals surface area contributed by atoms with E-state index in [0.29, 0.717) is 29.8 Å². The third-order valence-corrected chi connectivity index (χ3v) is 5.22. The molecule has 1 aliphatic rings. The lowest BCUT2D eigenvalue weighted by Gasteiger charge is -2.11. The molecule has 8 heteroatoms. The molecule has 4 rings (SSSR count). The molecular weight excluding hydrogens is 406 g/mol. The van der Waals surface area contributed by atoms with Crippen molar-refractivity contribution in [2.75, 3.05) is 5.32 Å². The molecule has 1 heterocycles. The number of fused-ring (bicyclic) bond motifs is 1. The molecule has 0 spiro atoms. The van der Waals surface area contributed by atoms with Crippen molar-refractivity contribution < 1.29 is 27.6 Å². The molecule has 2 N–H and O–H groups in total. The van der Waals surface area contributed by atoms with Crippen LogP contribution in [0.2, 0.25) is 0 Å². The highest BCUT2D eigenvalue weighted by molar-refractivity contribution is 6.62. The highest BCUT2D eigenvalue weighted by Gasteiger charge is 2.31. The van der Waals surface area contributed by atoms with Gasteiger partial charge in [0.1, 0.15) is 0 Å². The normalized spacial score (nSPS) is 13.2. The number of aryl methyl sites for hydroxylation is 1. The van der Waals surface area contributed by atoms with Gasteiger partial charge in [-0.3, -0.25) is 4.79 Å². The van der Waals surface area contributed by atoms with Crippen molar-refractivity contribution in [2.24, 2.45) is 0 Å². The molecule has 158 valence electrons. The van der Waals surface area contributed by atoms with Crippen LogP contribution >= 0.6 is 0 Å². The fraction of sp³-hybridized carbons (Fsp3) is 0.174. The molecule has 0 fully saturated rings. The van der Waals surface area contributed by atoms with Crippen molar-refractivity contribution in [3.63, 3.8) is 0 Å². The maximum Gasteiger partial charge on any atom is 0.492 e. The van der Waals surface area contributed by atoms with Crippen molar-refractivity contribution in [3.05, 3.63) is 83.4 Å². The Bertz CT molecular complexity index is 1120. The lowest BCUT2D eigenvalue weighted by Crippen LogP contribution is -2.31. The molecule has 0 atom stereocenters. The lowest BCUT2D eigenvalue weighted by molar-refractivity contribution is -0.137. The van der Waals surface area contributed by atoms with E-state index in [1.165, 1.54) is 6.07 Å². The third kappa shape index (κ3) is 4.81. The summed E-state index contributed by atoms with van der Waals surface area (Å²) in [5.41, 5.74) is 3.27. The van der Waals surface area contributed by atoms with Crippen LogP contribution in [-0.2, 0) is 28.7 Å². The monoisotopic (exact) mass is 425 g/mol. The molecule has 0 bridgehead atoms. The maximum absolute atomic E-state index is 13.0. The SMILES string of the molecule is O=C(CCc1cccc2c1B(O)OC2)Nc1cccc(-c2cccc(C(F)(F)F)c2)c1. The molecule has 0 radical (unpaired) electrons. The highest BCUT2D eigenvalue weighted by atomic mass is 19.4. The number of carbonyl (C=O) groups excluding carboxylic acids is 1. The first-order chi connectivity index (χ1) is 14.8. The Morgan fingerprint density at radius 3 is 2.52 bits per heavy atom. The Morgan fingerprint density at radius 2 is 1.74 bits per heavy atom. The third-order valence-electron chi connectivity index (χ3n) is 5.22. The maximum atomic E-state index is 13.0. The smallest absolute Gasteiger partial charge is 0.423 e. The number of amides is 1. The molecule has 4 nitrogen and oxygen atoms in total. The fourth-order valence-corrected chi connectivity index (χ4v) is 3.70. The number of benzene rings is 3. The van der Waals surface area contributed by atoms with E-state index < -0.39 is 18.9 Å². The summed E-state index contributed by atoms with van der Waals surface area (Å²) < 4.78 is 44.2. The average molecular weight is 425 g/mol. The average Bonchev–Trinajstić information content (AvgIpc) is 3.13. The number of hydrogen-bond acceptors (Lipinski definition) is 3. The Hall–Kier alpha value is -3.10. The molecule has 1 amide bonds. The summed E-state index contributed by atoms with van der Waals surface area (Å²) in [5, 5.41) is 12.8. The first-order valence-corrected chi connectivity index (χ1v) is 9.79. The van der Waals surface area contributed by atoms with Gasteiger partial charge in [-0.15, -0.1) is 0 Å². The number of hydrogen-bond donors (Lipinski definition) is 2.